The van der Waals surface area contributed by atoms with Crippen molar-refractivity contribution < 1.29 is 13.2 Å². The summed E-state index contributed by atoms with van der Waals surface area (Å²) < 4.78 is 27.9. The molecule has 1 amide bonds. The maximum atomic E-state index is 12.8. The van der Waals surface area contributed by atoms with Gasteiger partial charge in [0.05, 0.1) is 4.90 Å². The number of nitrogens with one attached hydrogen (secondary N) is 2. The van der Waals surface area contributed by atoms with E-state index in [9.17, 15) is 13.2 Å². The van der Waals surface area contributed by atoms with Crippen molar-refractivity contribution in [3.63, 3.8) is 0 Å². The fourth-order valence-electron chi connectivity index (χ4n) is 3.69. The van der Waals surface area contributed by atoms with E-state index >= 15 is 0 Å². The van der Waals surface area contributed by atoms with Gasteiger partial charge in [-0.15, -0.1) is 12.4 Å². The van der Waals surface area contributed by atoms with E-state index in [1.54, 1.807) is 30.1 Å². The Bertz CT molecular complexity index is 714. The average molecular weight is 402 g/mol. The number of halogens is 1. The molecule has 2 N–H and O–H groups in total. The largest absolute Gasteiger partial charge is 0.339 e. The van der Waals surface area contributed by atoms with Crippen LogP contribution in [-0.2, 0) is 10.0 Å². The number of sulfonamides is 1. The van der Waals surface area contributed by atoms with E-state index in [0.717, 1.165) is 51.6 Å². The van der Waals surface area contributed by atoms with Gasteiger partial charge in [-0.25, -0.2) is 13.1 Å². The van der Waals surface area contributed by atoms with Crippen LogP contribution in [0.4, 0.5) is 0 Å². The molecular weight excluding hydrogens is 374 g/mol. The van der Waals surface area contributed by atoms with Gasteiger partial charge in [-0.3, -0.25) is 4.79 Å². The Labute approximate surface area is 162 Å². The Morgan fingerprint density at radius 1 is 1.15 bits per heavy atom. The van der Waals surface area contributed by atoms with E-state index in [4.69, 9.17) is 0 Å². The van der Waals surface area contributed by atoms with Crippen LogP contribution in [0.3, 0.4) is 0 Å². The van der Waals surface area contributed by atoms with Gasteiger partial charge in [0.2, 0.25) is 10.0 Å². The van der Waals surface area contributed by atoms with Crippen molar-refractivity contribution in [1.82, 2.24) is 14.9 Å². The molecule has 1 aromatic rings. The van der Waals surface area contributed by atoms with Crippen LogP contribution < -0.4 is 10.0 Å². The number of amides is 1. The summed E-state index contributed by atoms with van der Waals surface area (Å²) >= 11 is 0. The zero-order chi connectivity index (χ0) is 17.9. The highest BCUT2D eigenvalue weighted by Gasteiger charge is 2.26. The molecule has 2 fully saturated rings. The quantitative estimate of drug-likeness (QED) is 0.792. The minimum absolute atomic E-state index is 0. The van der Waals surface area contributed by atoms with Gasteiger partial charge in [0, 0.05) is 24.7 Å². The summed E-state index contributed by atoms with van der Waals surface area (Å²) in [5.74, 6) is -0.121. The van der Waals surface area contributed by atoms with Gasteiger partial charge in [-0.05, 0) is 57.0 Å². The van der Waals surface area contributed by atoms with Crippen LogP contribution in [0.15, 0.2) is 29.2 Å². The molecular formula is C18H28ClN3O3S. The lowest BCUT2D eigenvalue weighted by molar-refractivity contribution is 0.0703. The number of carbonyl (C=O) groups is 1. The average Bonchev–Trinajstić information content (AvgIpc) is 3.13. The molecule has 1 aliphatic heterocycles. The van der Waals surface area contributed by atoms with Crippen molar-refractivity contribution in [3.05, 3.63) is 29.8 Å². The molecule has 1 heterocycles. The second-order valence-electron chi connectivity index (χ2n) is 7.03. The van der Waals surface area contributed by atoms with Crippen molar-refractivity contribution in [3.8, 4) is 0 Å². The highest BCUT2D eigenvalue weighted by Crippen LogP contribution is 2.21. The normalized spacial score (nSPS) is 19.1. The Hall–Kier alpha value is -1.15. The van der Waals surface area contributed by atoms with E-state index in [1.165, 1.54) is 6.07 Å². The maximum absolute atomic E-state index is 12.8. The van der Waals surface area contributed by atoms with Gasteiger partial charge in [-0.2, -0.15) is 0 Å². The monoisotopic (exact) mass is 401 g/mol. The van der Waals surface area contributed by atoms with Crippen molar-refractivity contribution in [2.24, 2.45) is 0 Å². The minimum atomic E-state index is -3.58. The fraction of sp³-hybridized carbons (Fsp3) is 0.611. The first-order valence-electron chi connectivity index (χ1n) is 9.07. The molecule has 0 spiro atoms. The number of hydrogen-bond acceptors (Lipinski definition) is 4. The molecule has 3 rings (SSSR count). The summed E-state index contributed by atoms with van der Waals surface area (Å²) in [7, 11) is -1.78. The molecule has 6 nitrogen and oxygen atoms in total. The standard InChI is InChI=1S/C18H27N3O3S.ClH/c1-21(16-9-11-19-12-10-16)18(22)14-5-4-8-17(13-14)25(23,24)20-15-6-2-3-7-15;/h4-5,8,13,15-16,19-20H,2-3,6-7,9-12H2,1H3;1H. The highest BCUT2D eigenvalue weighted by atomic mass is 35.5. The summed E-state index contributed by atoms with van der Waals surface area (Å²) in [6.07, 6.45) is 5.74. The van der Waals surface area contributed by atoms with Crippen LogP contribution in [0.5, 0.6) is 0 Å². The molecule has 0 unspecified atom stereocenters. The van der Waals surface area contributed by atoms with Gasteiger partial charge < -0.3 is 10.2 Å². The number of hydrogen-bond donors (Lipinski definition) is 2. The zero-order valence-electron chi connectivity index (χ0n) is 15.1. The van der Waals surface area contributed by atoms with Crippen LogP contribution in [-0.4, -0.2) is 51.4 Å². The van der Waals surface area contributed by atoms with Gasteiger partial charge in [0.15, 0.2) is 0 Å². The van der Waals surface area contributed by atoms with Crippen molar-refractivity contribution in [2.75, 3.05) is 20.1 Å². The number of rotatable bonds is 5. The lowest BCUT2D eigenvalue weighted by atomic mass is 10.0. The SMILES string of the molecule is CN(C(=O)c1cccc(S(=O)(=O)NC2CCCC2)c1)C1CCNCC1.Cl. The Kier molecular flexibility index (Phi) is 7.46. The molecule has 2 aliphatic rings. The van der Waals surface area contributed by atoms with E-state index in [1.807, 2.05) is 0 Å². The van der Waals surface area contributed by atoms with Gasteiger partial charge in [0.1, 0.15) is 0 Å². The van der Waals surface area contributed by atoms with Gasteiger partial charge >= 0.3 is 0 Å². The maximum Gasteiger partial charge on any atom is 0.253 e. The van der Waals surface area contributed by atoms with E-state index in [-0.39, 0.29) is 35.3 Å². The summed E-state index contributed by atoms with van der Waals surface area (Å²) in [5.41, 5.74) is 0.426. The third kappa shape index (κ3) is 4.97. The summed E-state index contributed by atoms with van der Waals surface area (Å²) in [6, 6.07) is 6.60. The predicted molar refractivity (Wildman–Crippen MR) is 104 cm³/mol. The minimum Gasteiger partial charge on any atom is -0.339 e. The molecule has 1 aliphatic carbocycles. The smallest absolute Gasteiger partial charge is 0.253 e. The molecule has 0 atom stereocenters. The molecule has 1 aromatic carbocycles. The van der Waals surface area contributed by atoms with E-state index in [0.29, 0.717) is 5.56 Å². The second kappa shape index (κ2) is 9.17. The van der Waals surface area contributed by atoms with Crippen molar-refractivity contribution in [1.29, 1.82) is 0 Å². The zero-order valence-corrected chi connectivity index (χ0v) is 16.7. The van der Waals surface area contributed by atoms with Crippen molar-refractivity contribution >= 4 is 28.3 Å². The number of nitrogens with zero attached hydrogens (tertiary/aromatic N) is 1. The topological polar surface area (TPSA) is 78.5 Å². The van der Waals surface area contributed by atoms with Gasteiger partial charge in [0.25, 0.3) is 5.91 Å². The second-order valence-corrected chi connectivity index (χ2v) is 8.74. The molecule has 8 heteroatoms. The van der Waals surface area contributed by atoms with Crippen LogP contribution in [0.25, 0.3) is 0 Å². The highest BCUT2D eigenvalue weighted by molar-refractivity contribution is 7.89. The Morgan fingerprint density at radius 3 is 2.46 bits per heavy atom. The number of benzene rings is 1. The van der Waals surface area contributed by atoms with Crippen LogP contribution in [0, 0.1) is 0 Å². The molecule has 26 heavy (non-hydrogen) atoms. The third-order valence-corrected chi connectivity index (χ3v) is 6.76. The first-order chi connectivity index (χ1) is 12.0. The molecule has 1 saturated carbocycles. The summed E-state index contributed by atoms with van der Waals surface area (Å²) in [6.45, 7) is 1.81. The lowest BCUT2D eigenvalue weighted by Gasteiger charge is -2.31. The summed E-state index contributed by atoms with van der Waals surface area (Å²) in [5, 5.41) is 3.29. The van der Waals surface area contributed by atoms with Crippen LogP contribution in [0.1, 0.15) is 48.9 Å². The molecule has 0 bridgehead atoms. The molecule has 0 radical (unpaired) electrons. The predicted octanol–water partition coefficient (Wildman–Crippen LogP) is 2.15. The summed E-state index contributed by atoms with van der Waals surface area (Å²) in [4.78, 5) is 14.7. The first kappa shape index (κ1) is 21.2. The van der Waals surface area contributed by atoms with Gasteiger partial charge in [-0.1, -0.05) is 18.9 Å². The molecule has 0 aromatic heterocycles. The lowest BCUT2D eigenvalue weighted by Crippen LogP contribution is -2.44. The van der Waals surface area contributed by atoms with Crippen molar-refractivity contribution in [2.45, 2.75) is 55.5 Å². The van der Waals surface area contributed by atoms with Crippen LogP contribution in [0.2, 0.25) is 0 Å². The van der Waals surface area contributed by atoms with Crippen LogP contribution >= 0.6 is 12.4 Å². The van der Waals surface area contributed by atoms with E-state index < -0.39 is 10.0 Å². The van der Waals surface area contributed by atoms with E-state index in [2.05, 4.69) is 10.0 Å². The Morgan fingerprint density at radius 2 is 1.81 bits per heavy atom. The first-order valence-corrected chi connectivity index (χ1v) is 10.6. The number of piperidine rings is 1. The number of carbonyl (C=O) groups excluding carboxylic acids is 1. The molecule has 146 valence electrons. The molecule has 1 saturated heterocycles. The third-order valence-electron chi connectivity index (χ3n) is 5.25. The fourth-order valence-corrected chi connectivity index (χ4v) is 5.04. The Balaban J connectivity index is 0.00000243.